The molecule has 2 atom stereocenters. The number of ketones is 1. The van der Waals surface area contributed by atoms with Crippen LogP contribution >= 0.6 is 0 Å². The van der Waals surface area contributed by atoms with Gasteiger partial charge >= 0.3 is 0 Å². The molecule has 0 heterocycles. The molecule has 0 N–H and O–H groups in total. The molecule has 0 aliphatic heterocycles. The number of rotatable bonds is 2. The summed E-state index contributed by atoms with van der Waals surface area (Å²) in [5.74, 6) is 0.181. The van der Waals surface area contributed by atoms with Gasteiger partial charge in [-0.2, -0.15) is 0 Å². The minimum absolute atomic E-state index is 0.181. The summed E-state index contributed by atoms with van der Waals surface area (Å²) in [5, 5.41) is 0. The summed E-state index contributed by atoms with van der Waals surface area (Å²) in [6.07, 6.45) is 9.26. The van der Waals surface area contributed by atoms with Gasteiger partial charge in [-0.15, -0.1) is 0 Å². The third kappa shape index (κ3) is 1.39. The Labute approximate surface area is 92.9 Å². The van der Waals surface area contributed by atoms with E-state index in [2.05, 4.69) is 26.8 Å². The first-order valence-electron chi connectivity index (χ1n) is 6.03. The Balaban J connectivity index is 2.29. The van der Waals surface area contributed by atoms with Crippen LogP contribution in [-0.4, -0.2) is 5.78 Å². The van der Waals surface area contributed by atoms with Gasteiger partial charge in [-0.25, -0.2) is 0 Å². The van der Waals surface area contributed by atoms with Gasteiger partial charge in [-0.1, -0.05) is 33.3 Å². The fourth-order valence-electron chi connectivity index (χ4n) is 3.83. The van der Waals surface area contributed by atoms with E-state index in [4.69, 9.17) is 0 Å². The molecular formula is C14H22O. The molecule has 0 aromatic heterocycles. The zero-order valence-corrected chi connectivity index (χ0v) is 10.4. The molecule has 84 valence electrons. The summed E-state index contributed by atoms with van der Waals surface area (Å²) >= 11 is 0. The largest absolute Gasteiger partial charge is 0.295 e. The van der Waals surface area contributed by atoms with Crippen LogP contribution in [0.1, 0.15) is 53.4 Å². The highest BCUT2D eigenvalue weighted by atomic mass is 16.1. The Bertz CT molecular complexity index is 326. The number of carbonyl (C=O) groups excluding carboxylic acids is 1. The van der Waals surface area contributed by atoms with Crippen LogP contribution in [0.4, 0.5) is 0 Å². The average molecular weight is 206 g/mol. The molecule has 1 heteroatoms. The van der Waals surface area contributed by atoms with Gasteiger partial charge in [0.25, 0.3) is 0 Å². The monoisotopic (exact) mass is 206 g/mol. The molecule has 0 amide bonds. The fourth-order valence-corrected chi connectivity index (χ4v) is 3.83. The highest BCUT2D eigenvalue weighted by Gasteiger charge is 2.69. The minimum Gasteiger partial charge on any atom is -0.295 e. The summed E-state index contributed by atoms with van der Waals surface area (Å²) < 4.78 is 0. The summed E-state index contributed by atoms with van der Waals surface area (Å²) in [4.78, 5) is 11.1. The highest BCUT2D eigenvalue weighted by Crippen LogP contribution is 2.78. The van der Waals surface area contributed by atoms with E-state index >= 15 is 0 Å². The minimum atomic E-state index is 0.181. The second-order valence-corrected chi connectivity index (χ2v) is 6.39. The van der Waals surface area contributed by atoms with Crippen molar-refractivity contribution in [2.24, 2.45) is 16.2 Å². The molecule has 1 nitrogen and oxygen atoms in total. The first-order valence-corrected chi connectivity index (χ1v) is 6.03. The lowest BCUT2D eigenvalue weighted by molar-refractivity contribution is -0.112. The molecule has 0 saturated heterocycles. The van der Waals surface area contributed by atoms with Crippen LogP contribution in [0.5, 0.6) is 0 Å². The quantitative estimate of drug-likeness (QED) is 0.629. The van der Waals surface area contributed by atoms with Crippen molar-refractivity contribution in [1.29, 1.82) is 0 Å². The number of allylic oxidation sites excluding steroid dienone is 2. The van der Waals surface area contributed by atoms with Crippen LogP contribution in [-0.2, 0) is 4.79 Å². The second-order valence-electron chi connectivity index (χ2n) is 6.39. The zero-order valence-electron chi connectivity index (χ0n) is 10.4. The van der Waals surface area contributed by atoms with Gasteiger partial charge in [0.2, 0.25) is 0 Å². The second kappa shape index (κ2) is 2.96. The first kappa shape index (κ1) is 10.9. The molecule has 2 saturated carbocycles. The molecular weight excluding hydrogens is 184 g/mol. The topological polar surface area (TPSA) is 17.1 Å². The highest BCUT2D eigenvalue weighted by molar-refractivity contribution is 5.87. The van der Waals surface area contributed by atoms with Crippen molar-refractivity contribution in [3.63, 3.8) is 0 Å². The Morgan fingerprint density at radius 3 is 2.40 bits per heavy atom. The van der Waals surface area contributed by atoms with Gasteiger partial charge in [-0.05, 0) is 48.5 Å². The zero-order chi connectivity index (χ0) is 11.3. The van der Waals surface area contributed by atoms with Crippen LogP contribution in [0.25, 0.3) is 0 Å². The Kier molecular flexibility index (Phi) is 2.15. The SMILES string of the molecule is CC(=O)/C=C/[C@@]12C[C@@]1(C)CCCC2(C)C. The van der Waals surface area contributed by atoms with Crippen molar-refractivity contribution in [3.05, 3.63) is 12.2 Å². The Morgan fingerprint density at radius 2 is 1.87 bits per heavy atom. The molecule has 0 unspecified atom stereocenters. The van der Waals surface area contributed by atoms with Crippen molar-refractivity contribution in [3.8, 4) is 0 Å². The standard InChI is InChI=1S/C14H22O/c1-11(15)6-9-14-10-13(14,4)8-5-7-12(14,2)3/h6,9H,5,7-8,10H2,1-4H3/b9-6+/t13-,14+/m1/s1. The lowest BCUT2D eigenvalue weighted by atomic mass is 9.63. The van der Waals surface area contributed by atoms with E-state index in [1.54, 1.807) is 13.0 Å². The van der Waals surface area contributed by atoms with E-state index in [1.807, 2.05) is 0 Å². The average Bonchev–Trinajstić information content (AvgIpc) is 2.70. The maximum Gasteiger partial charge on any atom is 0.152 e. The molecule has 0 aromatic rings. The number of hydrogen-bond acceptors (Lipinski definition) is 1. The predicted molar refractivity (Wildman–Crippen MR) is 62.6 cm³/mol. The summed E-state index contributed by atoms with van der Waals surface area (Å²) in [7, 11) is 0. The maximum absolute atomic E-state index is 11.1. The molecule has 2 rings (SSSR count). The molecule has 2 fully saturated rings. The van der Waals surface area contributed by atoms with Crippen molar-refractivity contribution in [2.45, 2.75) is 53.4 Å². The number of hydrogen-bond donors (Lipinski definition) is 0. The van der Waals surface area contributed by atoms with Gasteiger partial charge in [-0.3, -0.25) is 4.79 Å². The molecule has 0 radical (unpaired) electrons. The summed E-state index contributed by atoms with van der Waals surface area (Å²) in [6.45, 7) is 8.75. The lowest BCUT2D eigenvalue weighted by Gasteiger charge is -2.41. The Morgan fingerprint density at radius 1 is 1.20 bits per heavy atom. The van der Waals surface area contributed by atoms with E-state index in [0.29, 0.717) is 16.2 Å². The molecule has 0 bridgehead atoms. The summed E-state index contributed by atoms with van der Waals surface area (Å²) in [5.41, 5.74) is 1.15. The maximum atomic E-state index is 11.1. The van der Waals surface area contributed by atoms with E-state index in [0.717, 1.165) is 0 Å². The Hall–Kier alpha value is -0.590. The van der Waals surface area contributed by atoms with Gasteiger partial charge in [0, 0.05) is 0 Å². The summed E-state index contributed by atoms with van der Waals surface area (Å²) in [6, 6.07) is 0. The fraction of sp³-hybridized carbons (Fsp3) is 0.786. The van der Waals surface area contributed by atoms with Crippen LogP contribution in [0.15, 0.2) is 12.2 Å². The van der Waals surface area contributed by atoms with Crippen LogP contribution < -0.4 is 0 Å². The number of carbonyl (C=O) groups is 1. The van der Waals surface area contributed by atoms with Gasteiger partial charge < -0.3 is 0 Å². The first-order chi connectivity index (χ1) is 6.83. The normalized spacial score (nSPS) is 42.7. The third-order valence-corrected chi connectivity index (χ3v) is 4.96. The molecule has 0 spiro atoms. The van der Waals surface area contributed by atoms with Crippen LogP contribution in [0.2, 0.25) is 0 Å². The third-order valence-electron chi connectivity index (χ3n) is 4.96. The molecule has 2 aliphatic carbocycles. The van der Waals surface area contributed by atoms with E-state index < -0.39 is 0 Å². The smallest absolute Gasteiger partial charge is 0.152 e. The van der Waals surface area contributed by atoms with Gasteiger partial charge in [0.1, 0.15) is 0 Å². The van der Waals surface area contributed by atoms with E-state index in [-0.39, 0.29) is 5.78 Å². The molecule has 15 heavy (non-hydrogen) atoms. The van der Waals surface area contributed by atoms with Crippen molar-refractivity contribution >= 4 is 5.78 Å². The van der Waals surface area contributed by atoms with Crippen LogP contribution in [0.3, 0.4) is 0 Å². The number of fused-ring (bicyclic) bond motifs is 1. The van der Waals surface area contributed by atoms with Crippen molar-refractivity contribution in [1.82, 2.24) is 0 Å². The van der Waals surface area contributed by atoms with Crippen molar-refractivity contribution in [2.75, 3.05) is 0 Å². The van der Waals surface area contributed by atoms with Crippen molar-refractivity contribution < 1.29 is 4.79 Å². The molecule has 0 aromatic carbocycles. The van der Waals surface area contributed by atoms with E-state index in [1.165, 1.54) is 25.7 Å². The predicted octanol–water partition coefficient (Wildman–Crippen LogP) is 3.74. The van der Waals surface area contributed by atoms with Crippen LogP contribution in [0, 0.1) is 16.2 Å². The molecule has 2 aliphatic rings. The lowest BCUT2D eigenvalue weighted by Crippen LogP contribution is -2.32. The van der Waals surface area contributed by atoms with Gasteiger partial charge in [0.05, 0.1) is 0 Å². The van der Waals surface area contributed by atoms with Gasteiger partial charge in [0.15, 0.2) is 5.78 Å². The van der Waals surface area contributed by atoms with E-state index in [9.17, 15) is 4.79 Å².